The van der Waals surface area contributed by atoms with Gasteiger partial charge in [0.1, 0.15) is 5.76 Å². The van der Waals surface area contributed by atoms with Gasteiger partial charge in [-0.1, -0.05) is 74.5 Å². The Balaban J connectivity index is 1.79. The number of rotatable bonds is 3. The molecule has 3 heteroatoms. The summed E-state index contributed by atoms with van der Waals surface area (Å²) < 4.78 is 6.16. The summed E-state index contributed by atoms with van der Waals surface area (Å²) in [6, 6.07) is 19.0. The zero-order valence-electron chi connectivity index (χ0n) is 15.1. The standard InChI is InChI=1S/C23H22O3/c1-23(2)13-17(24)20-18(14-23)26-22(19(20)15-9-5-3-6-10-15)21(25)16-11-7-4-8-12-16/h3-12,19,22H,13-14H2,1-2H3. The molecular formula is C23H22O3. The van der Waals surface area contributed by atoms with Crippen molar-refractivity contribution in [3.63, 3.8) is 0 Å². The van der Waals surface area contributed by atoms with E-state index in [1.54, 1.807) is 12.1 Å². The molecule has 0 aromatic heterocycles. The molecule has 2 atom stereocenters. The molecule has 0 N–H and O–H groups in total. The molecule has 2 unspecified atom stereocenters. The molecule has 0 spiro atoms. The van der Waals surface area contributed by atoms with Gasteiger partial charge in [0.15, 0.2) is 11.9 Å². The number of allylic oxidation sites excluding steroid dienone is 1. The molecule has 0 saturated carbocycles. The molecule has 0 radical (unpaired) electrons. The Morgan fingerprint density at radius 2 is 1.58 bits per heavy atom. The maximum atomic E-state index is 13.2. The monoisotopic (exact) mass is 346 g/mol. The summed E-state index contributed by atoms with van der Waals surface area (Å²) in [5, 5.41) is 0. The highest BCUT2D eigenvalue weighted by Gasteiger charge is 2.48. The molecule has 1 aliphatic heterocycles. The molecule has 26 heavy (non-hydrogen) atoms. The number of ether oxygens (including phenoxy) is 1. The van der Waals surface area contributed by atoms with Crippen LogP contribution in [0, 0.1) is 5.41 Å². The quantitative estimate of drug-likeness (QED) is 0.757. The fourth-order valence-electron chi connectivity index (χ4n) is 4.08. The fourth-order valence-corrected chi connectivity index (χ4v) is 4.08. The van der Waals surface area contributed by atoms with Crippen molar-refractivity contribution in [2.75, 3.05) is 0 Å². The summed E-state index contributed by atoms with van der Waals surface area (Å²) in [5.74, 6) is 0.407. The number of hydrogen-bond donors (Lipinski definition) is 0. The number of ketones is 2. The van der Waals surface area contributed by atoms with Gasteiger partial charge in [-0.15, -0.1) is 0 Å². The van der Waals surface area contributed by atoms with Gasteiger partial charge >= 0.3 is 0 Å². The van der Waals surface area contributed by atoms with Gasteiger partial charge in [-0.25, -0.2) is 0 Å². The van der Waals surface area contributed by atoms with E-state index in [0.717, 1.165) is 5.56 Å². The Kier molecular flexibility index (Phi) is 4.03. The lowest BCUT2D eigenvalue weighted by molar-refractivity contribution is -0.118. The van der Waals surface area contributed by atoms with E-state index in [1.165, 1.54) is 0 Å². The number of benzene rings is 2. The second-order valence-electron chi connectivity index (χ2n) is 7.93. The van der Waals surface area contributed by atoms with Gasteiger partial charge in [0, 0.05) is 24.0 Å². The highest BCUT2D eigenvalue weighted by molar-refractivity contribution is 6.05. The number of hydrogen-bond acceptors (Lipinski definition) is 3. The van der Waals surface area contributed by atoms with Crippen molar-refractivity contribution in [1.29, 1.82) is 0 Å². The second kappa shape index (κ2) is 6.24. The summed E-state index contributed by atoms with van der Waals surface area (Å²) in [6.45, 7) is 4.14. The third kappa shape index (κ3) is 2.88. The summed E-state index contributed by atoms with van der Waals surface area (Å²) in [4.78, 5) is 26.1. The van der Waals surface area contributed by atoms with Crippen LogP contribution in [-0.4, -0.2) is 17.7 Å². The molecule has 2 aromatic carbocycles. The van der Waals surface area contributed by atoms with Crippen LogP contribution in [0.1, 0.15) is 48.5 Å². The topological polar surface area (TPSA) is 43.4 Å². The smallest absolute Gasteiger partial charge is 0.204 e. The lowest BCUT2D eigenvalue weighted by atomic mass is 9.72. The van der Waals surface area contributed by atoms with E-state index in [0.29, 0.717) is 29.7 Å². The molecular weight excluding hydrogens is 324 g/mol. The first-order valence-corrected chi connectivity index (χ1v) is 9.03. The van der Waals surface area contributed by atoms with E-state index in [9.17, 15) is 9.59 Å². The van der Waals surface area contributed by atoms with Crippen molar-refractivity contribution in [1.82, 2.24) is 0 Å². The highest BCUT2D eigenvalue weighted by Crippen LogP contribution is 2.49. The molecule has 1 heterocycles. The predicted molar refractivity (Wildman–Crippen MR) is 99.9 cm³/mol. The Morgan fingerprint density at radius 3 is 2.23 bits per heavy atom. The van der Waals surface area contributed by atoms with Crippen molar-refractivity contribution in [2.24, 2.45) is 5.41 Å². The van der Waals surface area contributed by atoms with Crippen LogP contribution in [0.15, 0.2) is 72.0 Å². The van der Waals surface area contributed by atoms with Crippen molar-refractivity contribution >= 4 is 11.6 Å². The number of Topliss-reactive ketones (excluding diaryl/α,β-unsaturated/α-hetero) is 2. The molecule has 2 aromatic rings. The van der Waals surface area contributed by atoms with Crippen molar-refractivity contribution in [3.8, 4) is 0 Å². The maximum Gasteiger partial charge on any atom is 0.204 e. The van der Waals surface area contributed by atoms with Crippen molar-refractivity contribution in [2.45, 2.75) is 38.7 Å². The third-order valence-corrected chi connectivity index (χ3v) is 5.24. The molecule has 132 valence electrons. The summed E-state index contributed by atoms with van der Waals surface area (Å²) in [5.41, 5.74) is 2.14. The molecule has 4 rings (SSSR count). The van der Waals surface area contributed by atoms with E-state index < -0.39 is 6.10 Å². The molecule has 0 amide bonds. The van der Waals surface area contributed by atoms with Crippen LogP contribution in [0.5, 0.6) is 0 Å². The van der Waals surface area contributed by atoms with Gasteiger partial charge in [-0.3, -0.25) is 9.59 Å². The number of carbonyl (C=O) groups is 2. The van der Waals surface area contributed by atoms with Gasteiger partial charge in [0.2, 0.25) is 5.78 Å². The zero-order chi connectivity index (χ0) is 18.3. The Labute approximate surface area is 153 Å². The lowest BCUT2D eigenvalue weighted by Crippen LogP contribution is -2.29. The van der Waals surface area contributed by atoms with E-state index >= 15 is 0 Å². The lowest BCUT2D eigenvalue weighted by Gasteiger charge is -2.29. The summed E-state index contributed by atoms with van der Waals surface area (Å²) >= 11 is 0. The Bertz CT molecular complexity index is 878. The first-order chi connectivity index (χ1) is 12.5. The van der Waals surface area contributed by atoms with Gasteiger partial charge in [0.05, 0.1) is 5.92 Å². The minimum absolute atomic E-state index is 0.0699. The van der Waals surface area contributed by atoms with Crippen LogP contribution in [0.3, 0.4) is 0 Å². The normalized spacial score (nSPS) is 24.2. The fraction of sp³-hybridized carbons (Fsp3) is 0.304. The van der Waals surface area contributed by atoms with Crippen LogP contribution >= 0.6 is 0 Å². The van der Waals surface area contributed by atoms with E-state index in [2.05, 4.69) is 13.8 Å². The Morgan fingerprint density at radius 1 is 0.962 bits per heavy atom. The minimum atomic E-state index is -0.678. The van der Waals surface area contributed by atoms with Crippen LogP contribution in [0.2, 0.25) is 0 Å². The van der Waals surface area contributed by atoms with Gasteiger partial charge in [-0.05, 0) is 11.0 Å². The average molecular weight is 346 g/mol. The second-order valence-corrected chi connectivity index (χ2v) is 7.93. The molecule has 2 aliphatic rings. The van der Waals surface area contributed by atoms with Crippen LogP contribution < -0.4 is 0 Å². The molecule has 0 saturated heterocycles. The zero-order valence-corrected chi connectivity index (χ0v) is 15.1. The first kappa shape index (κ1) is 16.8. The SMILES string of the molecule is CC1(C)CC(=O)C2=C(C1)OC(C(=O)c1ccccc1)C2c1ccccc1. The highest BCUT2D eigenvalue weighted by atomic mass is 16.5. The third-order valence-electron chi connectivity index (χ3n) is 5.24. The minimum Gasteiger partial charge on any atom is -0.485 e. The van der Waals surface area contributed by atoms with Gasteiger partial charge in [-0.2, -0.15) is 0 Å². The van der Waals surface area contributed by atoms with E-state index in [4.69, 9.17) is 4.74 Å². The molecule has 3 nitrogen and oxygen atoms in total. The predicted octanol–water partition coefficient (Wildman–Crippen LogP) is 4.70. The van der Waals surface area contributed by atoms with E-state index in [-0.39, 0.29) is 22.9 Å². The van der Waals surface area contributed by atoms with Crippen molar-refractivity contribution < 1.29 is 14.3 Å². The van der Waals surface area contributed by atoms with Gasteiger partial charge in [0.25, 0.3) is 0 Å². The summed E-state index contributed by atoms with van der Waals surface area (Å²) in [7, 11) is 0. The first-order valence-electron chi connectivity index (χ1n) is 9.03. The molecule has 0 bridgehead atoms. The Hall–Kier alpha value is -2.68. The maximum absolute atomic E-state index is 13.2. The molecule has 0 fully saturated rings. The average Bonchev–Trinajstić information content (AvgIpc) is 3.01. The number of carbonyl (C=O) groups excluding carboxylic acids is 2. The van der Waals surface area contributed by atoms with Crippen LogP contribution in [-0.2, 0) is 9.53 Å². The molecule has 1 aliphatic carbocycles. The summed E-state index contributed by atoms with van der Waals surface area (Å²) in [6.07, 6.45) is 0.503. The van der Waals surface area contributed by atoms with Crippen LogP contribution in [0.25, 0.3) is 0 Å². The van der Waals surface area contributed by atoms with Crippen LogP contribution in [0.4, 0.5) is 0 Å². The largest absolute Gasteiger partial charge is 0.485 e. The van der Waals surface area contributed by atoms with Gasteiger partial charge < -0.3 is 4.74 Å². The van der Waals surface area contributed by atoms with Crippen molar-refractivity contribution in [3.05, 3.63) is 83.1 Å². The van der Waals surface area contributed by atoms with E-state index in [1.807, 2.05) is 48.5 Å².